The molecule has 2 aromatic carbocycles. The van der Waals surface area contributed by atoms with E-state index in [0.29, 0.717) is 23.7 Å². The van der Waals surface area contributed by atoms with Gasteiger partial charge in [-0.25, -0.2) is 12.8 Å². The molecule has 1 amide bonds. The molecule has 1 saturated heterocycles. The minimum absolute atomic E-state index is 0.172. The van der Waals surface area contributed by atoms with Crippen molar-refractivity contribution < 1.29 is 17.6 Å². The predicted octanol–water partition coefficient (Wildman–Crippen LogP) is 3.50. The monoisotopic (exact) mass is 446 g/mol. The fourth-order valence-electron chi connectivity index (χ4n) is 3.35. The number of sulfonamides is 1. The number of piperidine rings is 1. The van der Waals surface area contributed by atoms with Crippen molar-refractivity contribution in [3.8, 4) is 0 Å². The number of carbonyl (C=O) groups is 1. The first kappa shape index (κ1) is 20.6. The number of benzene rings is 2. The molecule has 0 spiro atoms. The Kier molecular flexibility index (Phi) is 5.89. The maximum absolute atomic E-state index is 14.1. The highest BCUT2D eigenvalue weighted by molar-refractivity contribution is 7.89. The Balaban J connectivity index is 1.49. The van der Waals surface area contributed by atoms with Crippen LogP contribution in [0.3, 0.4) is 0 Å². The summed E-state index contributed by atoms with van der Waals surface area (Å²) in [6.45, 7) is 0.485. The molecule has 1 aromatic heterocycles. The van der Waals surface area contributed by atoms with Crippen molar-refractivity contribution in [2.75, 3.05) is 18.4 Å². The van der Waals surface area contributed by atoms with E-state index >= 15 is 0 Å². The second kappa shape index (κ2) is 8.58. The van der Waals surface area contributed by atoms with E-state index in [1.54, 1.807) is 12.1 Å². The average molecular weight is 447 g/mol. The number of aromatic nitrogens is 2. The molecule has 3 aromatic rings. The molecule has 156 valence electrons. The third kappa shape index (κ3) is 4.25. The molecule has 1 N–H and O–H groups in total. The second-order valence-corrected chi connectivity index (χ2v) is 9.81. The lowest BCUT2D eigenvalue weighted by atomic mass is 10.0. The molecular formula is C20H19FN4O3S2. The van der Waals surface area contributed by atoms with Gasteiger partial charge in [-0.15, -0.1) is 10.2 Å². The Labute approximate surface area is 177 Å². The van der Waals surface area contributed by atoms with E-state index in [9.17, 15) is 17.6 Å². The lowest BCUT2D eigenvalue weighted by molar-refractivity contribution is 0.102. The van der Waals surface area contributed by atoms with Gasteiger partial charge in [0.25, 0.3) is 5.91 Å². The zero-order valence-electron chi connectivity index (χ0n) is 15.9. The van der Waals surface area contributed by atoms with Gasteiger partial charge < -0.3 is 5.32 Å². The summed E-state index contributed by atoms with van der Waals surface area (Å²) in [6.07, 6.45) is 1.34. The van der Waals surface area contributed by atoms with Gasteiger partial charge in [-0.05, 0) is 37.1 Å². The first-order valence-corrected chi connectivity index (χ1v) is 11.7. The molecule has 1 fully saturated rings. The van der Waals surface area contributed by atoms with Crippen LogP contribution >= 0.6 is 11.3 Å². The Morgan fingerprint density at radius 2 is 1.83 bits per heavy atom. The molecule has 2 heterocycles. The third-order valence-electron chi connectivity index (χ3n) is 4.85. The average Bonchev–Trinajstić information content (AvgIpc) is 3.25. The van der Waals surface area contributed by atoms with Crippen LogP contribution in [0.1, 0.15) is 33.6 Å². The summed E-state index contributed by atoms with van der Waals surface area (Å²) in [6, 6.07) is 14.4. The number of carbonyl (C=O) groups excluding carboxylic acids is 1. The van der Waals surface area contributed by atoms with Crippen molar-refractivity contribution in [1.82, 2.24) is 14.5 Å². The van der Waals surface area contributed by atoms with Crippen molar-refractivity contribution in [3.63, 3.8) is 0 Å². The molecule has 0 saturated carbocycles. The molecule has 7 nitrogen and oxygen atoms in total. The molecule has 1 atom stereocenters. The maximum Gasteiger partial charge on any atom is 0.286 e. The summed E-state index contributed by atoms with van der Waals surface area (Å²) in [5, 5.41) is 11.7. The highest BCUT2D eigenvalue weighted by Gasteiger charge is 2.34. The normalized spacial score (nSPS) is 17.6. The zero-order valence-corrected chi connectivity index (χ0v) is 17.5. The van der Waals surface area contributed by atoms with Gasteiger partial charge >= 0.3 is 0 Å². The summed E-state index contributed by atoms with van der Waals surface area (Å²) >= 11 is 1.15. The predicted molar refractivity (Wildman–Crippen MR) is 111 cm³/mol. The number of nitrogens with zero attached hydrogens (tertiary/aromatic N) is 3. The Morgan fingerprint density at radius 1 is 1.10 bits per heavy atom. The largest absolute Gasteiger partial charge is 0.320 e. The van der Waals surface area contributed by atoms with Crippen LogP contribution in [0, 0.1) is 5.82 Å². The van der Waals surface area contributed by atoms with E-state index in [0.717, 1.165) is 23.8 Å². The van der Waals surface area contributed by atoms with Gasteiger partial charge in [0, 0.05) is 24.7 Å². The zero-order chi connectivity index (χ0) is 21.1. The number of amides is 1. The topological polar surface area (TPSA) is 92.3 Å². The number of rotatable bonds is 5. The van der Waals surface area contributed by atoms with E-state index < -0.39 is 15.8 Å². The van der Waals surface area contributed by atoms with E-state index in [4.69, 9.17) is 0 Å². The van der Waals surface area contributed by atoms with Crippen molar-refractivity contribution >= 4 is 33.0 Å². The highest BCUT2D eigenvalue weighted by atomic mass is 32.2. The second-order valence-electron chi connectivity index (χ2n) is 6.90. The van der Waals surface area contributed by atoms with E-state index in [1.165, 1.54) is 22.5 Å². The first-order valence-electron chi connectivity index (χ1n) is 9.39. The van der Waals surface area contributed by atoms with Gasteiger partial charge in [-0.1, -0.05) is 41.7 Å². The minimum Gasteiger partial charge on any atom is -0.320 e. The molecule has 1 aliphatic rings. The molecule has 0 radical (unpaired) electrons. The van der Waals surface area contributed by atoms with Crippen LogP contribution in [0.25, 0.3) is 0 Å². The van der Waals surface area contributed by atoms with E-state index in [-0.39, 0.29) is 28.3 Å². The Hall–Kier alpha value is -2.69. The fraction of sp³-hybridized carbons (Fsp3) is 0.250. The molecule has 30 heavy (non-hydrogen) atoms. The number of hydrogen-bond acceptors (Lipinski definition) is 6. The molecule has 0 aliphatic carbocycles. The summed E-state index contributed by atoms with van der Waals surface area (Å²) in [5.41, 5.74) is 0.652. The number of hydrogen-bond donors (Lipinski definition) is 1. The van der Waals surface area contributed by atoms with E-state index in [2.05, 4.69) is 15.5 Å². The molecule has 0 bridgehead atoms. The molecule has 0 unspecified atom stereocenters. The lowest BCUT2D eigenvalue weighted by Gasteiger charge is -2.30. The smallest absolute Gasteiger partial charge is 0.286 e. The van der Waals surface area contributed by atoms with Gasteiger partial charge in [0.15, 0.2) is 0 Å². The van der Waals surface area contributed by atoms with Crippen LogP contribution in [0.5, 0.6) is 0 Å². The minimum atomic E-state index is -3.95. The van der Waals surface area contributed by atoms with Crippen LogP contribution < -0.4 is 5.32 Å². The molecule has 4 rings (SSSR count). The van der Waals surface area contributed by atoms with Crippen molar-refractivity contribution in [3.05, 3.63) is 70.4 Å². The molecule has 10 heteroatoms. The quantitative estimate of drug-likeness (QED) is 0.648. The van der Waals surface area contributed by atoms with Crippen molar-refractivity contribution in [2.24, 2.45) is 0 Å². The number of para-hydroxylation sites is 1. The van der Waals surface area contributed by atoms with Gasteiger partial charge in [-0.3, -0.25) is 4.79 Å². The van der Waals surface area contributed by atoms with Gasteiger partial charge in [0.2, 0.25) is 15.0 Å². The Bertz CT molecular complexity index is 1150. The summed E-state index contributed by atoms with van der Waals surface area (Å²) in [5.74, 6) is -1.33. The number of halogens is 1. The maximum atomic E-state index is 14.1. The third-order valence-corrected chi connectivity index (χ3v) is 7.84. The van der Waals surface area contributed by atoms with Crippen LogP contribution in [-0.4, -0.2) is 41.9 Å². The Morgan fingerprint density at radius 3 is 2.60 bits per heavy atom. The van der Waals surface area contributed by atoms with Crippen LogP contribution in [-0.2, 0) is 10.0 Å². The lowest BCUT2D eigenvalue weighted by Crippen LogP contribution is -2.39. The molecular weight excluding hydrogens is 427 g/mol. The van der Waals surface area contributed by atoms with Crippen molar-refractivity contribution in [1.29, 1.82) is 0 Å². The summed E-state index contributed by atoms with van der Waals surface area (Å²) in [4.78, 5) is 12.1. The van der Waals surface area contributed by atoms with Crippen LogP contribution in [0.15, 0.2) is 59.5 Å². The van der Waals surface area contributed by atoms with Crippen molar-refractivity contribution in [2.45, 2.75) is 23.7 Å². The van der Waals surface area contributed by atoms with Gasteiger partial charge in [0.1, 0.15) is 15.7 Å². The van der Waals surface area contributed by atoms with Gasteiger partial charge in [0.05, 0.1) is 0 Å². The summed E-state index contributed by atoms with van der Waals surface area (Å²) < 4.78 is 41.1. The fourth-order valence-corrected chi connectivity index (χ4v) is 5.81. The van der Waals surface area contributed by atoms with Crippen LogP contribution in [0.4, 0.5) is 10.1 Å². The number of anilines is 1. The molecule has 1 aliphatic heterocycles. The SMILES string of the molecule is O=C(Nc1ccccc1)c1nnc([C@@H]2CCCN(S(=O)(=O)c3ccccc3F)C2)s1. The number of nitrogens with one attached hydrogen (secondary N) is 1. The standard InChI is InChI=1S/C20H19FN4O3S2/c21-16-10-4-5-11-17(16)30(27,28)25-12-6-7-14(13-25)19-23-24-20(29-19)18(26)22-15-8-2-1-3-9-15/h1-5,8-11,14H,6-7,12-13H2,(H,22,26)/t14-/m1/s1. The summed E-state index contributed by atoms with van der Waals surface area (Å²) in [7, 11) is -3.95. The van der Waals surface area contributed by atoms with Gasteiger partial charge in [-0.2, -0.15) is 4.31 Å². The highest BCUT2D eigenvalue weighted by Crippen LogP contribution is 2.32. The first-order chi connectivity index (χ1) is 14.4. The van der Waals surface area contributed by atoms with E-state index in [1.807, 2.05) is 18.2 Å². The van der Waals surface area contributed by atoms with Crippen LogP contribution in [0.2, 0.25) is 0 Å².